The number of benzene rings is 1. The van der Waals surface area contributed by atoms with E-state index in [1.54, 1.807) is 24.3 Å². The van der Waals surface area contributed by atoms with Crippen LogP contribution in [0.15, 0.2) is 29.1 Å². The molecule has 0 aliphatic carbocycles. The van der Waals surface area contributed by atoms with Gasteiger partial charge in [0.15, 0.2) is 5.69 Å². The van der Waals surface area contributed by atoms with E-state index >= 15 is 0 Å². The molecule has 1 aliphatic rings. The van der Waals surface area contributed by atoms with E-state index in [4.69, 9.17) is 0 Å². The first-order valence-electron chi connectivity index (χ1n) is 6.70. The van der Waals surface area contributed by atoms with Gasteiger partial charge >= 0.3 is 0 Å². The highest BCUT2D eigenvalue weighted by atomic mass is 32.2. The summed E-state index contributed by atoms with van der Waals surface area (Å²) in [4.78, 5) is 24.0. The quantitative estimate of drug-likeness (QED) is 0.896. The number of thioether (sulfide) groups is 2. The third-order valence-corrected chi connectivity index (χ3v) is 6.13. The molecular weight excluding hydrogens is 306 g/mol. The first kappa shape index (κ1) is 14.5. The lowest BCUT2D eigenvalue weighted by molar-refractivity contribution is 0.0950. The Bertz CT molecular complexity index is 711. The molecule has 1 aromatic heterocycles. The molecule has 3 rings (SSSR count). The SMILES string of the molecule is O=C(NCC1CSCCS1)c1n[nH]c(=O)c2ccccc12. The fraction of sp³-hybridized carbons (Fsp3) is 0.357. The maximum Gasteiger partial charge on any atom is 0.272 e. The Labute approximate surface area is 130 Å². The Morgan fingerprint density at radius 1 is 1.33 bits per heavy atom. The molecule has 1 fully saturated rings. The maximum atomic E-state index is 12.3. The van der Waals surface area contributed by atoms with Crippen LogP contribution < -0.4 is 10.9 Å². The molecule has 1 aliphatic heterocycles. The minimum atomic E-state index is -0.276. The van der Waals surface area contributed by atoms with E-state index in [1.807, 2.05) is 23.5 Å². The summed E-state index contributed by atoms with van der Waals surface area (Å²) < 4.78 is 0. The molecule has 1 unspecified atom stereocenters. The van der Waals surface area contributed by atoms with Gasteiger partial charge in [-0.1, -0.05) is 18.2 Å². The third kappa shape index (κ3) is 3.24. The van der Waals surface area contributed by atoms with Gasteiger partial charge in [-0.05, 0) is 6.07 Å². The number of carbonyl (C=O) groups is 1. The number of rotatable bonds is 3. The summed E-state index contributed by atoms with van der Waals surface area (Å²) in [5, 5.41) is 10.7. The van der Waals surface area contributed by atoms with Crippen LogP contribution >= 0.6 is 23.5 Å². The molecule has 0 radical (unpaired) electrons. The van der Waals surface area contributed by atoms with Gasteiger partial charge < -0.3 is 5.32 Å². The van der Waals surface area contributed by atoms with Crippen molar-refractivity contribution in [3.8, 4) is 0 Å². The summed E-state index contributed by atoms with van der Waals surface area (Å²) >= 11 is 3.81. The Kier molecular flexibility index (Phi) is 4.50. The number of hydrogen-bond acceptors (Lipinski definition) is 5. The van der Waals surface area contributed by atoms with Gasteiger partial charge in [-0.3, -0.25) is 9.59 Å². The van der Waals surface area contributed by atoms with Crippen LogP contribution in [-0.4, -0.2) is 45.2 Å². The van der Waals surface area contributed by atoms with E-state index in [9.17, 15) is 9.59 Å². The van der Waals surface area contributed by atoms with Gasteiger partial charge in [0, 0.05) is 34.4 Å². The van der Waals surface area contributed by atoms with E-state index in [1.165, 1.54) is 5.75 Å². The topological polar surface area (TPSA) is 74.8 Å². The van der Waals surface area contributed by atoms with Crippen LogP contribution in [0, 0.1) is 0 Å². The minimum Gasteiger partial charge on any atom is -0.349 e. The molecule has 2 heterocycles. The summed E-state index contributed by atoms with van der Waals surface area (Å²) in [6.45, 7) is 0.631. The van der Waals surface area contributed by atoms with Crippen molar-refractivity contribution >= 4 is 40.2 Å². The van der Waals surface area contributed by atoms with Gasteiger partial charge in [-0.2, -0.15) is 28.6 Å². The highest BCUT2D eigenvalue weighted by molar-refractivity contribution is 8.06. The molecule has 1 atom stereocenters. The lowest BCUT2D eigenvalue weighted by atomic mass is 10.1. The number of hydrogen-bond donors (Lipinski definition) is 2. The predicted molar refractivity (Wildman–Crippen MR) is 88.3 cm³/mol. The van der Waals surface area contributed by atoms with Gasteiger partial charge in [0.2, 0.25) is 0 Å². The number of fused-ring (bicyclic) bond motifs is 1. The zero-order valence-electron chi connectivity index (χ0n) is 11.3. The summed E-state index contributed by atoms with van der Waals surface area (Å²) in [5.41, 5.74) is 0.0000450. The predicted octanol–water partition coefficient (Wildman–Crippen LogP) is 1.50. The van der Waals surface area contributed by atoms with Crippen molar-refractivity contribution in [1.29, 1.82) is 0 Å². The van der Waals surface area contributed by atoms with Crippen molar-refractivity contribution in [2.45, 2.75) is 5.25 Å². The number of nitrogens with zero attached hydrogens (tertiary/aromatic N) is 1. The highest BCUT2D eigenvalue weighted by Crippen LogP contribution is 2.23. The Hall–Kier alpha value is -1.47. The van der Waals surface area contributed by atoms with Crippen LogP contribution in [0.4, 0.5) is 0 Å². The summed E-state index contributed by atoms with van der Waals surface area (Å²) in [6.07, 6.45) is 0. The highest BCUT2D eigenvalue weighted by Gasteiger charge is 2.18. The average Bonchev–Trinajstić information content (AvgIpc) is 2.54. The van der Waals surface area contributed by atoms with E-state index in [-0.39, 0.29) is 17.2 Å². The van der Waals surface area contributed by atoms with Crippen LogP contribution in [0.25, 0.3) is 10.8 Å². The minimum absolute atomic E-state index is 0.237. The standard InChI is InChI=1S/C14H15N3O2S2/c18-13-11-4-2-1-3-10(11)12(16-17-13)14(19)15-7-9-8-20-5-6-21-9/h1-4,9H,5-8H2,(H,15,19)(H,17,18). The zero-order chi connectivity index (χ0) is 14.7. The molecule has 0 bridgehead atoms. The van der Waals surface area contributed by atoms with Crippen LogP contribution in [0.1, 0.15) is 10.5 Å². The van der Waals surface area contributed by atoms with Crippen molar-refractivity contribution in [2.75, 3.05) is 23.8 Å². The largest absolute Gasteiger partial charge is 0.349 e. The van der Waals surface area contributed by atoms with E-state index < -0.39 is 0 Å². The molecule has 2 aromatic rings. The van der Waals surface area contributed by atoms with E-state index in [0.29, 0.717) is 22.6 Å². The summed E-state index contributed by atoms with van der Waals surface area (Å²) in [6, 6.07) is 7.01. The van der Waals surface area contributed by atoms with Crippen LogP contribution in [0.2, 0.25) is 0 Å². The summed E-state index contributed by atoms with van der Waals surface area (Å²) in [7, 11) is 0. The number of carbonyl (C=O) groups excluding carboxylic acids is 1. The second-order valence-electron chi connectivity index (χ2n) is 4.72. The van der Waals surface area contributed by atoms with Gasteiger partial charge in [0.25, 0.3) is 11.5 Å². The molecule has 1 saturated heterocycles. The average molecular weight is 321 g/mol. The van der Waals surface area contributed by atoms with Crippen LogP contribution in [-0.2, 0) is 0 Å². The monoisotopic (exact) mass is 321 g/mol. The molecule has 1 aromatic carbocycles. The van der Waals surface area contributed by atoms with Gasteiger partial charge in [0.1, 0.15) is 0 Å². The Morgan fingerprint density at radius 3 is 2.90 bits per heavy atom. The smallest absolute Gasteiger partial charge is 0.272 e. The number of H-pyrrole nitrogens is 1. The second-order valence-corrected chi connectivity index (χ2v) is 7.28. The molecule has 1 amide bonds. The number of aromatic amines is 1. The molecule has 110 valence electrons. The van der Waals surface area contributed by atoms with E-state index in [2.05, 4.69) is 15.5 Å². The molecule has 5 nitrogen and oxygen atoms in total. The van der Waals surface area contributed by atoms with Crippen LogP contribution in [0.3, 0.4) is 0 Å². The van der Waals surface area contributed by atoms with Crippen molar-refractivity contribution in [2.24, 2.45) is 0 Å². The van der Waals surface area contributed by atoms with Crippen molar-refractivity contribution in [3.05, 3.63) is 40.3 Å². The second kappa shape index (κ2) is 6.53. The van der Waals surface area contributed by atoms with Gasteiger partial charge in [-0.25, -0.2) is 5.10 Å². The summed E-state index contributed by atoms with van der Waals surface area (Å²) in [5.74, 6) is 3.13. The molecule has 2 N–H and O–H groups in total. The zero-order valence-corrected chi connectivity index (χ0v) is 12.9. The van der Waals surface area contributed by atoms with Crippen LogP contribution in [0.5, 0.6) is 0 Å². The normalized spacial score (nSPS) is 18.6. The maximum absolute atomic E-state index is 12.3. The van der Waals surface area contributed by atoms with Gasteiger partial charge in [0.05, 0.1) is 5.39 Å². The third-order valence-electron chi connectivity index (χ3n) is 3.29. The Morgan fingerprint density at radius 2 is 2.14 bits per heavy atom. The molecule has 7 heteroatoms. The fourth-order valence-electron chi connectivity index (χ4n) is 2.23. The first-order chi connectivity index (χ1) is 10.3. The first-order valence-corrected chi connectivity index (χ1v) is 8.91. The van der Waals surface area contributed by atoms with E-state index in [0.717, 1.165) is 11.5 Å². The van der Waals surface area contributed by atoms with Crippen molar-refractivity contribution < 1.29 is 4.79 Å². The van der Waals surface area contributed by atoms with Crippen molar-refractivity contribution in [3.63, 3.8) is 0 Å². The number of nitrogens with one attached hydrogen (secondary N) is 2. The van der Waals surface area contributed by atoms with Crippen molar-refractivity contribution in [1.82, 2.24) is 15.5 Å². The molecule has 21 heavy (non-hydrogen) atoms. The Balaban J connectivity index is 1.78. The number of aromatic nitrogens is 2. The van der Waals surface area contributed by atoms with Gasteiger partial charge in [-0.15, -0.1) is 0 Å². The lowest BCUT2D eigenvalue weighted by Gasteiger charge is -2.21. The molecule has 0 saturated carbocycles. The lowest BCUT2D eigenvalue weighted by Crippen LogP contribution is -2.34. The fourth-order valence-corrected chi connectivity index (χ4v) is 4.84. The molecular formula is C14H15N3O2S2. The molecule has 0 spiro atoms. The number of amides is 1.